The number of carbonyl (C=O) groups is 1. The van der Waals surface area contributed by atoms with E-state index in [2.05, 4.69) is 10.6 Å². The molecule has 0 bridgehead atoms. The summed E-state index contributed by atoms with van der Waals surface area (Å²) in [6.07, 6.45) is 9.73. The minimum absolute atomic E-state index is 0.159. The number of nitrogens with one attached hydrogen (secondary N) is 2. The van der Waals surface area contributed by atoms with E-state index in [1.807, 2.05) is 6.92 Å². The molecule has 2 N–H and O–H groups in total. The van der Waals surface area contributed by atoms with Gasteiger partial charge in [0.05, 0.1) is 0 Å². The fourth-order valence-electron chi connectivity index (χ4n) is 3.53. The van der Waals surface area contributed by atoms with Gasteiger partial charge in [-0.3, -0.25) is 4.79 Å². The van der Waals surface area contributed by atoms with Crippen molar-refractivity contribution in [3.05, 3.63) is 0 Å². The van der Waals surface area contributed by atoms with E-state index in [-0.39, 0.29) is 11.4 Å². The molecule has 1 heterocycles. The van der Waals surface area contributed by atoms with Crippen LogP contribution < -0.4 is 10.6 Å². The summed E-state index contributed by atoms with van der Waals surface area (Å²) in [5, 5.41) is 6.56. The standard InChI is InChI=1S/C16H30N2O2/c1-2-17-15(19)16(9-12-20-13-10-16)18-11-8-14-6-4-3-5-7-14/h14,18H,2-13H2,1H3,(H,17,19). The zero-order chi connectivity index (χ0) is 14.3. The summed E-state index contributed by atoms with van der Waals surface area (Å²) >= 11 is 0. The van der Waals surface area contributed by atoms with E-state index in [0.717, 1.165) is 25.3 Å². The molecule has 1 amide bonds. The molecule has 1 saturated heterocycles. The van der Waals surface area contributed by atoms with Gasteiger partial charge in [-0.05, 0) is 38.6 Å². The molecule has 1 saturated carbocycles. The molecule has 1 aliphatic heterocycles. The number of amides is 1. The average molecular weight is 282 g/mol. The van der Waals surface area contributed by atoms with Crippen LogP contribution in [0.5, 0.6) is 0 Å². The Bertz CT molecular complexity index is 295. The molecule has 4 nitrogen and oxygen atoms in total. The number of rotatable bonds is 6. The topological polar surface area (TPSA) is 50.4 Å². The molecule has 2 aliphatic rings. The lowest BCUT2D eigenvalue weighted by Crippen LogP contribution is -2.60. The highest BCUT2D eigenvalue weighted by Crippen LogP contribution is 2.27. The van der Waals surface area contributed by atoms with Gasteiger partial charge < -0.3 is 15.4 Å². The zero-order valence-electron chi connectivity index (χ0n) is 12.9. The second-order valence-electron chi connectivity index (χ2n) is 6.27. The maximum absolute atomic E-state index is 12.4. The average Bonchev–Trinajstić information content (AvgIpc) is 2.49. The molecule has 0 aromatic carbocycles. The first-order chi connectivity index (χ1) is 9.77. The number of carbonyl (C=O) groups excluding carboxylic acids is 1. The first-order valence-electron chi connectivity index (χ1n) is 8.38. The third-order valence-electron chi connectivity index (χ3n) is 4.86. The second kappa shape index (κ2) is 7.99. The van der Waals surface area contributed by atoms with Gasteiger partial charge in [0, 0.05) is 19.8 Å². The molecule has 0 aromatic heterocycles. The van der Waals surface area contributed by atoms with Crippen molar-refractivity contribution in [2.24, 2.45) is 5.92 Å². The molecular weight excluding hydrogens is 252 g/mol. The van der Waals surface area contributed by atoms with Gasteiger partial charge in [-0.2, -0.15) is 0 Å². The van der Waals surface area contributed by atoms with Gasteiger partial charge in [-0.1, -0.05) is 32.1 Å². The summed E-state index contributed by atoms with van der Waals surface area (Å²) in [7, 11) is 0. The second-order valence-corrected chi connectivity index (χ2v) is 6.27. The van der Waals surface area contributed by atoms with Gasteiger partial charge in [0.15, 0.2) is 0 Å². The van der Waals surface area contributed by atoms with E-state index in [9.17, 15) is 4.79 Å². The quantitative estimate of drug-likeness (QED) is 0.785. The maximum atomic E-state index is 12.4. The van der Waals surface area contributed by atoms with Gasteiger partial charge in [0.25, 0.3) is 0 Å². The van der Waals surface area contributed by atoms with Crippen molar-refractivity contribution in [1.29, 1.82) is 0 Å². The Balaban J connectivity index is 1.82. The van der Waals surface area contributed by atoms with E-state index < -0.39 is 0 Å². The monoisotopic (exact) mass is 282 g/mol. The van der Waals surface area contributed by atoms with Crippen LogP contribution in [-0.4, -0.2) is 37.7 Å². The zero-order valence-corrected chi connectivity index (χ0v) is 12.9. The smallest absolute Gasteiger partial charge is 0.240 e. The van der Waals surface area contributed by atoms with Crippen molar-refractivity contribution >= 4 is 5.91 Å². The highest BCUT2D eigenvalue weighted by Gasteiger charge is 2.39. The Morgan fingerprint density at radius 3 is 2.55 bits per heavy atom. The summed E-state index contributed by atoms with van der Waals surface area (Å²) in [5.74, 6) is 1.02. The van der Waals surface area contributed by atoms with Gasteiger partial charge in [0.1, 0.15) is 5.54 Å². The molecule has 0 radical (unpaired) electrons. The molecule has 0 aromatic rings. The molecule has 2 fully saturated rings. The molecule has 0 spiro atoms. The van der Waals surface area contributed by atoms with Crippen LogP contribution >= 0.6 is 0 Å². The van der Waals surface area contributed by atoms with Crippen LogP contribution in [0.2, 0.25) is 0 Å². The van der Waals surface area contributed by atoms with Gasteiger partial charge in [0.2, 0.25) is 5.91 Å². The highest BCUT2D eigenvalue weighted by molar-refractivity contribution is 5.86. The lowest BCUT2D eigenvalue weighted by atomic mass is 9.85. The summed E-state index contributed by atoms with van der Waals surface area (Å²) in [6, 6.07) is 0. The third-order valence-corrected chi connectivity index (χ3v) is 4.86. The largest absolute Gasteiger partial charge is 0.381 e. The Kier molecular flexibility index (Phi) is 6.30. The van der Waals surface area contributed by atoms with E-state index >= 15 is 0 Å². The SMILES string of the molecule is CCNC(=O)C1(NCCC2CCCCC2)CCOCC1. The summed E-state index contributed by atoms with van der Waals surface area (Å²) in [5.41, 5.74) is -0.386. The van der Waals surface area contributed by atoms with Crippen LogP contribution in [0.15, 0.2) is 0 Å². The molecule has 0 atom stereocenters. The van der Waals surface area contributed by atoms with Crippen molar-refractivity contribution in [3.63, 3.8) is 0 Å². The Morgan fingerprint density at radius 2 is 1.90 bits per heavy atom. The highest BCUT2D eigenvalue weighted by atomic mass is 16.5. The van der Waals surface area contributed by atoms with Gasteiger partial charge >= 0.3 is 0 Å². The van der Waals surface area contributed by atoms with Gasteiger partial charge in [-0.15, -0.1) is 0 Å². The van der Waals surface area contributed by atoms with Crippen molar-refractivity contribution in [2.45, 2.75) is 63.8 Å². The fourth-order valence-corrected chi connectivity index (χ4v) is 3.53. The minimum Gasteiger partial charge on any atom is -0.381 e. The molecular formula is C16H30N2O2. The number of hydrogen-bond acceptors (Lipinski definition) is 3. The normalized spacial score (nSPS) is 23.4. The number of likely N-dealkylation sites (N-methyl/N-ethyl adjacent to an activating group) is 1. The molecule has 20 heavy (non-hydrogen) atoms. The first kappa shape index (κ1) is 15.8. The lowest BCUT2D eigenvalue weighted by Gasteiger charge is -2.37. The first-order valence-corrected chi connectivity index (χ1v) is 8.38. The van der Waals surface area contributed by atoms with Crippen LogP contribution in [0, 0.1) is 5.92 Å². The van der Waals surface area contributed by atoms with E-state index in [0.29, 0.717) is 19.8 Å². The maximum Gasteiger partial charge on any atom is 0.240 e. The molecule has 116 valence electrons. The summed E-state index contributed by atoms with van der Waals surface area (Å²) in [4.78, 5) is 12.4. The Labute approximate surface area is 123 Å². The van der Waals surface area contributed by atoms with Crippen LogP contribution in [-0.2, 0) is 9.53 Å². The Hall–Kier alpha value is -0.610. The third kappa shape index (κ3) is 4.19. The Morgan fingerprint density at radius 1 is 1.20 bits per heavy atom. The van der Waals surface area contributed by atoms with Gasteiger partial charge in [-0.25, -0.2) is 0 Å². The predicted octanol–water partition coefficient (Wildman–Crippen LogP) is 2.23. The minimum atomic E-state index is -0.386. The molecule has 0 unspecified atom stereocenters. The summed E-state index contributed by atoms with van der Waals surface area (Å²) in [6.45, 7) is 5.02. The number of hydrogen-bond donors (Lipinski definition) is 2. The van der Waals surface area contributed by atoms with Crippen molar-refractivity contribution in [1.82, 2.24) is 10.6 Å². The van der Waals surface area contributed by atoms with E-state index in [4.69, 9.17) is 4.74 Å². The van der Waals surface area contributed by atoms with Crippen LogP contribution in [0.4, 0.5) is 0 Å². The molecule has 2 rings (SSSR count). The van der Waals surface area contributed by atoms with Crippen molar-refractivity contribution in [2.75, 3.05) is 26.3 Å². The van der Waals surface area contributed by atoms with Crippen molar-refractivity contribution in [3.8, 4) is 0 Å². The molecule has 1 aliphatic carbocycles. The lowest BCUT2D eigenvalue weighted by molar-refractivity contribution is -0.131. The molecule has 4 heteroatoms. The van der Waals surface area contributed by atoms with Crippen LogP contribution in [0.25, 0.3) is 0 Å². The van der Waals surface area contributed by atoms with Crippen LogP contribution in [0.1, 0.15) is 58.3 Å². The predicted molar refractivity (Wildman–Crippen MR) is 80.7 cm³/mol. The van der Waals surface area contributed by atoms with E-state index in [1.165, 1.54) is 38.5 Å². The van der Waals surface area contributed by atoms with E-state index in [1.54, 1.807) is 0 Å². The van der Waals surface area contributed by atoms with Crippen molar-refractivity contribution < 1.29 is 9.53 Å². The summed E-state index contributed by atoms with van der Waals surface area (Å²) < 4.78 is 5.43. The fraction of sp³-hybridized carbons (Fsp3) is 0.938. The number of ether oxygens (including phenoxy) is 1. The van der Waals surface area contributed by atoms with Crippen LogP contribution in [0.3, 0.4) is 0 Å².